The Balaban J connectivity index is 2.07. The fourth-order valence-corrected chi connectivity index (χ4v) is 2.43. The van der Waals surface area contributed by atoms with Crippen molar-refractivity contribution >= 4 is 5.91 Å². The zero-order valence-electron chi connectivity index (χ0n) is 14.4. The topological polar surface area (TPSA) is 91.2 Å². The predicted octanol–water partition coefficient (Wildman–Crippen LogP) is 1.59. The quantitative estimate of drug-likeness (QED) is 0.789. The lowest BCUT2D eigenvalue weighted by Gasteiger charge is -2.24. The Kier molecular flexibility index (Phi) is 6.11. The third-order valence-corrected chi connectivity index (χ3v) is 3.71. The standard InChI is InChI=1S/C16H23N5O3/c1-11(2)16(12-5-6-13(23-3)14(9-12)24-4)18-15(22)7-8-21-10-17-19-20-21/h5-6,9-11,16H,7-8H2,1-4H3,(H,18,22). The van der Waals surface area contributed by atoms with Crippen LogP contribution in [0, 0.1) is 5.92 Å². The number of ether oxygens (including phenoxy) is 2. The number of nitrogens with one attached hydrogen (secondary N) is 1. The fraction of sp³-hybridized carbons (Fsp3) is 0.500. The summed E-state index contributed by atoms with van der Waals surface area (Å²) in [6.45, 7) is 4.56. The summed E-state index contributed by atoms with van der Waals surface area (Å²) in [4.78, 5) is 12.3. The summed E-state index contributed by atoms with van der Waals surface area (Å²) in [6.07, 6.45) is 1.79. The lowest BCUT2D eigenvalue weighted by molar-refractivity contribution is -0.122. The first kappa shape index (κ1) is 17.7. The second-order valence-electron chi connectivity index (χ2n) is 5.73. The van der Waals surface area contributed by atoms with Gasteiger partial charge in [0.05, 0.1) is 26.8 Å². The number of aromatic nitrogens is 4. The zero-order chi connectivity index (χ0) is 17.5. The number of nitrogens with zero attached hydrogens (tertiary/aromatic N) is 4. The second-order valence-corrected chi connectivity index (χ2v) is 5.73. The van der Waals surface area contributed by atoms with E-state index in [1.165, 1.54) is 11.0 Å². The van der Waals surface area contributed by atoms with Crippen LogP contribution in [0.2, 0.25) is 0 Å². The van der Waals surface area contributed by atoms with Gasteiger partial charge >= 0.3 is 0 Å². The maximum Gasteiger partial charge on any atom is 0.222 e. The van der Waals surface area contributed by atoms with Crippen molar-refractivity contribution < 1.29 is 14.3 Å². The molecule has 1 aromatic carbocycles. The molecule has 0 radical (unpaired) electrons. The number of aryl methyl sites for hydroxylation is 1. The number of hydrogen-bond acceptors (Lipinski definition) is 6. The minimum absolute atomic E-state index is 0.0565. The van der Waals surface area contributed by atoms with Crippen LogP contribution in [-0.2, 0) is 11.3 Å². The molecule has 0 bridgehead atoms. The summed E-state index contributed by atoms with van der Waals surface area (Å²) in [7, 11) is 3.19. The highest BCUT2D eigenvalue weighted by Crippen LogP contribution is 2.32. The molecule has 1 unspecified atom stereocenters. The molecule has 1 aromatic heterocycles. The Bertz CT molecular complexity index is 658. The van der Waals surface area contributed by atoms with Gasteiger partial charge in [-0.2, -0.15) is 0 Å². The number of carbonyl (C=O) groups excluding carboxylic acids is 1. The molecule has 0 aliphatic heterocycles. The number of tetrazole rings is 1. The molecule has 1 amide bonds. The molecule has 0 saturated heterocycles. The van der Waals surface area contributed by atoms with Gasteiger partial charge in [-0.3, -0.25) is 4.79 Å². The van der Waals surface area contributed by atoms with Gasteiger partial charge in [-0.25, -0.2) is 4.68 Å². The summed E-state index contributed by atoms with van der Waals surface area (Å²) in [5, 5.41) is 13.9. The highest BCUT2D eigenvalue weighted by Gasteiger charge is 2.20. The third kappa shape index (κ3) is 4.43. The van der Waals surface area contributed by atoms with Gasteiger partial charge in [0, 0.05) is 6.42 Å². The molecule has 0 aliphatic rings. The lowest BCUT2D eigenvalue weighted by Crippen LogP contribution is -2.32. The highest BCUT2D eigenvalue weighted by atomic mass is 16.5. The second kappa shape index (κ2) is 8.28. The molecule has 0 spiro atoms. The number of benzene rings is 1. The van der Waals surface area contributed by atoms with Gasteiger partial charge in [0.1, 0.15) is 6.33 Å². The monoisotopic (exact) mass is 333 g/mol. The van der Waals surface area contributed by atoms with E-state index in [0.717, 1.165) is 5.56 Å². The van der Waals surface area contributed by atoms with Gasteiger partial charge in [-0.05, 0) is 34.0 Å². The van der Waals surface area contributed by atoms with Gasteiger partial charge in [0.15, 0.2) is 11.5 Å². The van der Waals surface area contributed by atoms with Gasteiger partial charge < -0.3 is 14.8 Å². The van der Waals surface area contributed by atoms with E-state index in [0.29, 0.717) is 24.5 Å². The minimum atomic E-state index is -0.119. The first-order valence-electron chi connectivity index (χ1n) is 7.77. The van der Waals surface area contributed by atoms with Gasteiger partial charge in [-0.1, -0.05) is 19.9 Å². The third-order valence-electron chi connectivity index (χ3n) is 3.71. The predicted molar refractivity (Wildman–Crippen MR) is 87.7 cm³/mol. The lowest BCUT2D eigenvalue weighted by atomic mass is 9.95. The Morgan fingerprint density at radius 1 is 1.25 bits per heavy atom. The summed E-state index contributed by atoms with van der Waals surface area (Å²) in [6, 6.07) is 5.56. The van der Waals surface area contributed by atoms with Crippen molar-refractivity contribution in [1.29, 1.82) is 0 Å². The summed E-state index contributed by atoms with van der Waals surface area (Å²) < 4.78 is 12.1. The van der Waals surface area contributed by atoms with Crippen LogP contribution in [0.3, 0.4) is 0 Å². The van der Waals surface area contributed by atoms with Crippen molar-refractivity contribution in [2.75, 3.05) is 14.2 Å². The first-order valence-corrected chi connectivity index (χ1v) is 7.77. The van der Waals surface area contributed by atoms with Crippen molar-refractivity contribution in [1.82, 2.24) is 25.5 Å². The SMILES string of the molecule is COc1ccc(C(NC(=O)CCn2cnnn2)C(C)C)cc1OC. The van der Waals surface area contributed by atoms with Crippen LogP contribution >= 0.6 is 0 Å². The van der Waals surface area contributed by atoms with E-state index in [4.69, 9.17) is 9.47 Å². The van der Waals surface area contributed by atoms with Crippen LogP contribution in [0.4, 0.5) is 0 Å². The summed E-state index contributed by atoms with van der Waals surface area (Å²) >= 11 is 0. The molecular weight excluding hydrogens is 310 g/mol. The number of carbonyl (C=O) groups is 1. The molecule has 24 heavy (non-hydrogen) atoms. The number of hydrogen-bond donors (Lipinski definition) is 1. The van der Waals surface area contributed by atoms with E-state index in [2.05, 4.69) is 34.7 Å². The largest absolute Gasteiger partial charge is 0.493 e. The van der Waals surface area contributed by atoms with Crippen LogP contribution in [0.5, 0.6) is 11.5 Å². The molecule has 8 heteroatoms. The maximum absolute atomic E-state index is 12.3. The average Bonchev–Trinajstić information content (AvgIpc) is 3.10. The van der Waals surface area contributed by atoms with Crippen molar-refractivity contribution in [3.63, 3.8) is 0 Å². The van der Waals surface area contributed by atoms with E-state index >= 15 is 0 Å². The Labute approximate surface area is 141 Å². The molecule has 0 saturated carbocycles. The van der Waals surface area contributed by atoms with Crippen molar-refractivity contribution in [3.8, 4) is 11.5 Å². The highest BCUT2D eigenvalue weighted by molar-refractivity contribution is 5.76. The van der Waals surface area contributed by atoms with E-state index in [9.17, 15) is 4.79 Å². The molecular formula is C16H23N5O3. The van der Waals surface area contributed by atoms with Gasteiger partial charge in [0.2, 0.25) is 5.91 Å². The zero-order valence-corrected chi connectivity index (χ0v) is 14.4. The molecule has 2 aromatic rings. The molecule has 2 rings (SSSR count). The van der Waals surface area contributed by atoms with Crippen molar-refractivity contribution in [2.24, 2.45) is 5.92 Å². The normalized spacial score (nSPS) is 12.0. The van der Waals surface area contributed by atoms with Gasteiger partial charge in [0.25, 0.3) is 0 Å². The maximum atomic E-state index is 12.3. The molecule has 1 N–H and O–H groups in total. The van der Waals surface area contributed by atoms with E-state index in [-0.39, 0.29) is 17.9 Å². The van der Waals surface area contributed by atoms with E-state index in [1.807, 2.05) is 18.2 Å². The molecule has 0 aliphatic carbocycles. The summed E-state index contributed by atoms with van der Waals surface area (Å²) in [5.74, 6) is 1.47. The Hall–Kier alpha value is -2.64. The smallest absolute Gasteiger partial charge is 0.222 e. The van der Waals surface area contributed by atoms with Crippen molar-refractivity contribution in [2.45, 2.75) is 32.9 Å². The number of methoxy groups -OCH3 is 2. The van der Waals surface area contributed by atoms with Crippen LogP contribution in [0.25, 0.3) is 0 Å². The molecule has 0 fully saturated rings. The minimum Gasteiger partial charge on any atom is -0.493 e. The van der Waals surface area contributed by atoms with Crippen molar-refractivity contribution in [3.05, 3.63) is 30.1 Å². The van der Waals surface area contributed by atoms with Crippen LogP contribution in [0.1, 0.15) is 31.9 Å². The average molecular weight is 333 g/mol. The van der Waals surface area contributed by atoms with Crippen LogP contribution < -0.4 is 14.8 Å². The Morgan fingerprint density at radius 2 is 2.00 bits per heavy atom. The fourth-order valence-electron chi connectivity index (χ4n) is 2.43. The van der Waals surface area contributed by atoms with Crippen LogP contribution in [-0.4, -0.2) is 40.3 Å². The van der Waals surface area contributed by atoms with Gasteiger partial charge in [-0.15, -0.1) is 5.10 Å². The number of amides is 1. The first-order chi connectivity index (χ1) is 11.5. The molecule has 130 valence electrons. The number of rotatable bonds is 8. The van der Waals surface area contributed by atoms with E-state index in [1.54, 1.807) is 14.2 Å². The summed E-state index contributed by atoms with van der Waals surface area (Å²) in [5.41, 5.74) is 0.971. The molecule has 8 nitrogen and oxygen atoms in total. The molecule has 1 heterocycles. The Morgan fingerprint density at radius 3 is 2.58 bits per heavy atom. The van der Waals surface area contributed by atoms with Crippen LogP contribution in [0.15, 0.2) is 24.5 Å². The molecule has 1 atom stereocenters. The van der Waals surface area contributed by atoms with E-state index < -0.39 is 0 Å².